The highest BCUT2D eigenvalue weighted by Crippen LogP contribution is 2.25. The smallest absolute Gasteiger partial charge is 0.252 e. The first-order chi connectivity index (χ1) is 9.79. The van der Waals surface area contributed by atoms with Crippen LogP contribution in [-0.2, 0) is 14.3 Å². The molecule has 0 radical (unpaired) electrons. The third-order valence-corrected chi connectivity index (χ3v) is 3.24. The molecule has 6 nitrogen and oxygen atoms in total. The van der Waals surface area contributed by atoms with Crippen molar-refractivity contribution in [3.05, 3.63) is 30.3 Å². The van der Waals surface area contributed by atoms with Gasteiger partial charge in [0, 0.05) is 12.7 Å². The summed E-state index contributed by atoms with van der Waals surface area (Å²) in [6.07, 6.45) is 0. The first-order valence-electron chi connectivity index (χ1n) is 6.05. The molecule has 0 fully saturated rings. The molecule has 106 valence electrons. The van der Waals surface area contributed by atoms with Crippen LogP contribution < -0.4 is 5.32 Å². The molecule has 1 N–H and O–H groups in total. The Labute approximate surface area is 120 Å². The monoisotopic (exact) mass is 293 g/mol. The van der Waals surface area contributed by atoms with Crippen LogP contribution in [0, 0.1) is 0 Å². The van der Waals surface area contributed by atoms with Crippen LogP contribution in [0.25, 0.3) is 10.6 Å². The fraction of sp³-hybridized carbons (Fsp3) is 0.308. The second kappa shape index (κ2) is 7.68. The molecule has 1 aromatic carbocycles. The van der Waals surface area contributed by atoms with E-state index < -0.39 is 0 Å². The van der Waals surface area contributed by atoms with Crippen LogP contribution in [0.15, 0.2) is 30.3 Å². The van der Waals surface area contributed by atoms with E-state index >= 15 is 0 Å². The number of carbonyl (C=O) groups excluding carboxylic acids is 1. The van der Waals surface area contributed by atoms with Crippen molar-refractivity contribution in [1.82, 2.24) is 10.2 Å². The lowest BCUT2D eigenvalue weighted by molar-refractivity contribution is -0.121. The molecule has 2 rings (SSSR count). The molecule has 1 amide bonds. The largest absolute Gasteiger partial charge is 0.382 e. The van der Waals surface area contributed by atoms with Crippen LogP contribution in [0.1, 0.15) is 0 Å². The predicted octanol–water partition coefficient (Wildman–Crippen LogP) is 1.81. The summed E-state index contributed by atoms with van der Waals surface area (Å²) in [4.78, 5) is 11.6. The van der Waals surface area contributed by atoms with Gasteiger partial charge in [0.05, 0.1) is 13.2 Å². The zero-order valence-electron chi connectivity index (χ0n) is 11.0. The number of nitrogens with one attached hydrogen (secondary N) is 1. The maximum absolute atomic E-state index is 11.6. The average molecular weight is 293 g/mol. The summed E-state index contributed by atoms with van der Waals surface area (Å²) >= 11 is 1.32. The number of amides is 1. The average Bonchev–Trinajstić information content (AvgIpc) is 2.93. The predicted molar refractivity (Wildman–Crippen MR) is 76.7 cm³/mol. The Morgan fingerprint density at radius 2 is 2.05 bits per heavy atom. The number of hydrogen-bond donors (Lipinski definition) is 1. The number of anilines is 1. The Morgan fingerprint density at radius 1 is 1.25 bits per heavy atom. The van der Waals surface area contributed by atoms with Gasteiger partial charge in [-0.3, -0.25) is 10.1 Å². The number of ether oxygens (including phenoxy) is 2. The van der Waals surface area contributed by atoms with Crippen LogP contribution >= 0.6 is 11.3 Å². The highest BCUT2D eigenvalue weighted by molar-refractivity contribution is 7.18. The minimum atomic E-state index is -0.253. The van der Waals surface area contributed by atoms with Gasteiger partial charge in [-0.15, -0.1) is 10.2 Å². The second-order valence-corrected chi connectivity index (χ2v) is 4.85. The molecule has 7 heteroatoms. The fourth-order valence-electron chi connectivity index (χ4n) is 1.43. The quantitative estimate of drug-likeness (QED) is 0.788. The molecular formula is C13H15N3O3S. The van der Waals surface area contributed by atoms with Gasteiger partial charge in [0.15, 0.2) is 0 Å². The van der Waals surface area contributed by atoms with Crippen molar-refractivity contribution < 1.29 is 14.3 Å². The van der Waals surface area contributed by atoms with Gasteiger partial charge in [0.2, 0.25) is 5.13 Å². The van der Waals surface area contributed by atoms with Gasteiger partial charge in [-0.2, -0.15) is 0 Å². The lowest BCUT2D eigenvalue weighted by Gasteiger charge is -2.02. The third kappa shape index (κ3) is 4.37. The zero-order chi connectivity index (χ0) is 14.2. The van der Waals surface area contributed by atoms with E-state index in [2.05, 4.69) is 15.5 Å². The van der Waals surface area contributed by atoms with Crippen molar-refractivity contribution in [2.24, 2.45) is 0 Å². The summed E-state index contributed by atoms with van der Waals surface area (Å²) in [5.74, 6) is -0.253. The Bertz CT molecular complexity index is 545. The molecule has 0 aliphatic carbocycles. The maximum atomic E-state index is 11.6. The molecule has 1 aromatic heterocycles. The van der Waals surface area contributed by atoms with Crippen molar-refractivity contribution in [3.8, 4) is 10.6 Å². The van der Waals surface area contributed by atoms with Crippen molar-refractivity contribution in [1.29, 1.82) is 0 Å². The number of carbonyl (C=O) groups is 1. The van der Waals surface area contributed by atoms with E-state index in [9.17, 15) is 4.79 Å². The SMILES string of the molecule is COCCOCC(=O)Nc1nnc(-c2ccccc2)s1. The number of benzene rings is 1. The molecule has 0 aliphatic heterocycles. The maximum Gasteiger partial charge on any atom is 0.252 e. The fourth-order valence-corrected chi connectivity index (χ4v) is 2.20. The summed E-state index contributed by atoms with van der Waals surface area (Å²) in [7, 11) is 1.58. The van der Waals surface area contributed by atoms with Crippen LogP contribution in [0.3, 0.4) is 0 Å². The summed E-state index contributed by atoms with van der Waals surface area (Å²) in [5.41, 5.74) is 0.974. The van der Waals surface area contributed by atoms with Crippen molar-refractivity contribution in [2.45, 2.75) is 0 Å². The van der Waals surface area contributed by atoms with E-state index in [4.69, 9.17) is 9.47 Å². The number of hydrogen-bond acceptors (Lipinski definition) is 6. The Morgan fingerprint density at radius 3 is 2.80 bits per heavy atom. The molecule has 0 atom stereocenters. The summed E-state index contributed by atoms with van der Waals surface area (Å²) in [5, 5.41) is 11.9. The molecule has 0 saturated carbocycles. The number of nitrogens with zero attached hydrogens (tertiary/aromatic N) is 2. The molecule has 0 unspecified atom stereocenters. The van der Waals surface area contributed by atoms with Gasteiger partial charge >= 0.3 is 0 Å². The first-order valence-corrected chi connectivity index (χ1v) is 6.86. The molecule has 0 saturated heterocycles. The lowest BCUT2D eigenvalue weighted by Crippen LogP contribution is -2.19. The van der Waals surface area contributed by atoms with Crippen LogP contribution in [0.4, 0.5) is 5.13 Å². The van der Waals surface area contributed by atoms with Crippen molar-refractivity contribution in [3.63, 3.8) is 0 Å². The summed E-state index contributed by atoms with van der Waals surface area (Å²) < 4.78 is 9.94. The number of rotatable bonds is 7. The summed E-state index contributed by atoms with van der Waals surface area (Å²) in [6, 6.07) is 9.68. The van der Waals surface area contributed by atoms with Crippen LogP contribution in [0.2, 0.25) is 0 Å². The molecule has 0 aliphatic rings. The zero-order valence-corrected chi connectivity index (χ0v) is 11.9. The molecule has 0 bridgehead atoms. The summed E-state index contributed by atoms with van der Waals surface area (Å²) in [6.45, 7) is 0.823. The van der Waals surface area contributed by atoms with Gasteiger partial charge in [-0.25, -0.2) is 0 Å². The minimum Gasteiger partial charge on any atom is -0.382 e. The first kappa shape index (κ1) is 14.6. The van der Waals surface area contributed by atoms with E-state index in [-0.39, 0.29) is 12.5 Å². The third-order valence-electron chi connectivity index (χ3n) is 2.36. The standard InChI is InChI=1S/C13H15N3O3S/c1-18-7-8-19-9-11(17)14-13-16-15-12(20-13)10-5-3-2-4-6-10/h2-6H,7-9H2,1H3,(H,14,16,17). The van der Waals surface area contributed by atoms with Crippen LogP contribution in [0.5, 0.6) is 0 Å². The van der Waals surface area contributed by atoms with Gasteiger partial charge in [0.25, 0.3) is 5.91 Å². The topological polar surface area (TPSA) is 73.3 Å². The normalized spacial score (nSPS) is 10.4. The molecule has 1 heterocycles. The van der Waals surface area contributed by atoms with E-state index in [1.165, 1.54) is 11.3 Å². The van der Waals surface area contributed by atoms with Crippen molar-refractivity contribution in [2.75, 3.05) is 32.2 Å². The van der Waals surface area contributed by atoms with E-state index in [1.54, 1.807) is 7.11 Å². The highest BCUT2D eigenvalue weighted by atomic mass is 32.1. The molecular weight excluding hydrogens is 278 g/mol. The van der Waals surface area contributed by atoms with Crippen molar-refractivity contribution >= 4 is 22.4 Å². The molecule has 20 heavy (non-hydrogen) atoms. The Balaban J connectivity index is 1.85. The Kier molecular flexibility index (Phi) is 5.60. The van der Waals surface area contributed by atoms with Gasteiger partial charge < -0.3 is 9.47 Å². The van der Waals surface area contributed by atoms with Gasteiger partial charge in [0.1, 0.15) is 11.6 Å². The highest BCUT2D eigenvalue weighted by Gasteiger charge is 2.09. The number of aromatic nitrogens is 2. The number of methoxy groups -OCH3 is 1. The Hall–Kier alpha value is -1.83. The minimum absolute atomic E-state index is 0.0242. The van der Waals surface area contributed by atoms with E-state index in [0.29, 0.717) is 18.3 Å². The molecule has 2 aromatic rings. The van der Waals surface area contributed by atoms with Gasteiger partial charge in [-0.05, 0) is 0 Å². The van der Waals surface area contributed by atoms with Crippen LogP contribution in [-0.4, -0.2) is 43.0 Å². The van der Waals surface area contributed by atoms with Gasteiger partial charge in [-0.1, -0.05) is 41.7 Å². The lowest BCUT2D eigenvalue weighted by atomic mass is 10.2. The van der Waals surface area contributed by atoms with E-state index in [1.807, 2.05) is 30.3 Å². The second-order valence-electron chi connectivity index (χ2n) is 3.87. The van der Waals surface area contributed by atoms with E-state index in [0.717, 1.165) is 10.6 Å². The molecule has 0 spiro atoms.